The van der Waals surface area contributed by atoms with Crippen molar-refractivity contribution in [3.05, 3.63) is 42.1 Å². The second-order valence-corrected chi connectivity index (χ2v) is 4.76. The zero-order chi connectivity index (χ0) is 15.2. The van der Waals surface area contributed by atoms with Gasteiger partial charge in [0.05, 0.1) is 6.26 Å². The second kappa shape index (κ2) is 6.74. The molecule has 0 radical (unpaired) electrons. The van der Waals surface area contributed by atoms with E-state index in [9.17, 15) is 9.59 Å². The Hall–Kier alpha value is -2.57. The average Bonchev–Trinajstić information content (AvgIpc) is 3.06. The number of amides is 1. The van der Waals surface area contributed by atoms with Gasteiger partial charge in [0.2, 0.25) is 0 Å². The van der Waals surface area contributed by atoms with Gasteiger partial charge in [-0.3, -0.25) is 9.59 Å². The highest BCUT2D eigenvalue weighted by atomic mass is 16.4. The standard InChI is InChI=1S/C14H17N3O4/c1-10(4-5-11-3-2-8-21-11)16-14(20)12-6-7-15-17(12)9-13(18)19/h2-3,6-8,10H,4-5,9H2,1H3,(H,16,20)(H,18,19). The summed E-state index contributed by atoms with van der Waals surface area (Å²) in [5, 5.41) is 15.4. The number of carbonyl (C=O) groups is 2. The van der Waals surface area contributed by atoms with Gasteiger partial charge in [-0.25, -0.2) is 4.68 Å². The number of carboxylic acid groups (broad SMARTS) is 1. The Bertz CT molecular complexity index is 604. The lowest BCUT2D eigenvalue weighted by Gasteiger charge is -2.13. The van der Waals surface area contributed by atoms with Gasteiger partial charge in [0.1, 0.15) is 18.0 Å². The fraction of sp³-hybridized carbons (Fsp3) is 0.357. The van der Waals surface area contributed by atoms with E-state index in [0.717, 1.165) is 23.3 Å². The number of aromatic nitrogens is 2. The van der Waals surface area contributed by atoms with Gasteiger partial charge in [-0.15, -0.1) is 0 Å². The molecule has 2 rings (SSSR count). The van der Waals surface area contributed by atoms with Crippen molar-refractivity contribution in [2.45, 2.75) is 32.4 Å². The highest BCUT2D eigenvalue weighted by Gasteiger charge is 2.16. The van der Waals surface area contributed by atoms with Crippen molar-refractivity contribution in [1.29, 1.82) is 0 Å². The molecule has 1 amide bonds. The molecule has 0 aliphatic heterocycles. The molecule has 1 atom stereocenters. The fourth-order valence-electron chi connectivity index (χ4n) is 1.96. The van der Waals surface area contributed by atoms with Crippen LogP contribution in [0.4, 0.5) is 0 Å². The third kappa shape index (κ3) is 4.20. The van der Waals surface area contributed by atoms with Gasteiger partial charge in [-0.2, -0.15) is 5.10 Å². The quantitative estimate of drug-likeness (QED) is 0.801. The summed E-state index contributed by atoms with van der Waals surface area (Å²) in [5.74, 6) is -0.508. The summed E-state index contributed by atoms with van der Waals surface area (Å²) in [6.07, 6.45) is 4.48. The summed E-state index contributed by atoms with van der Waals surface area (Å²) >= 11 is 0. The summed E-state index contributed by atoms with van der Waals surface area (Å²) in [7, 11) is 0. The molecule has 7 nitrogen and oxygen atoms in total. The van der Waals surface area contributed by atoms with E-state index in [1.54, 1.807) is 6.26 Å². The molecule has 112 valence electrons. The predicted octanol–water partition coefficient (Wildman–Crippen LogP) is 1.31. The second-order valence-electron chi connectivity index (χ2n) is 4.76. The zero-order valence-corrected chi connectivity index (χ0v) is 11.7. The normalized spacial score (nSPS) is 12.0. The summed E-state index contributed by atoms with van der Waals surface area (Å²) < 4.78 is 6.40. The van der Waals surface area contributed by atoms with Crippen LogP contribution in [-0.2, 0) is 17.8 Å². The van der Waals surface area contributed by atoms with Crippen molar-refractivity contribution in [2.75, 3.05) is 0 Å². The summed E-state index contributed by atoms with van der Waals surface area (Å²) in [6.45, 7) is 1.55. The molecule has 0 aliphatic rings. The first-order valence-corrected chi connectivity index (χ1v) is 6.63. The van der Waals surface area contributed by atoms with Crippen LogP contribution in [0, 0.1) is 0 Å². The van der Waals surface area contributed by atoms with Gasteiger partial charge >= 0.3 is 5.97 Å². The lowest BCUT2D eigenvalue weighted by Crippen LogP contribution is -2.34. The molecule has 0 bridgehead atoms. The highest BCUT2D eigenvalue weighted by Crippen LogP contribution is 2.07. The first-order valence-electron chi connectivity index (χ1n) is 6.63. The van der Waals surface area contributed by atoms with Crippen LogP contribution in [0.15, 0.2) is 35.1 Å². The van der Waals surface area contributed by atoms with E-state index in [4.69, 9.17) is 9.52 Å². The van der Waals surface area contributed by atoms with Crippen LogP contribution in [0.25, 0.3) is 0 Å². The summed E-state index contributed by atoms with van der Waals surface area (Å²) in [6, 6.07) is 5.15. The van der Waals surface area contributed by atoms with Gasteiger partial charge in [0.25, 0.3) is 5.91 Å². The zero-order valence-electron chi connectivity index (χ0n) is 11.7. The van der Waals surface area contributed by atoms with E-state index in [2.05, 4.69) is 10.4 Å². The van der Waals surface area contributed by atoms with Crippen LogP contribution in [0.2, 0.25) is 0 Å². The number of carbonyl (C=O) groups excluding carboxylic acids is 1. The van der Waals surface area contributed by atoms with Crippen molar-refractivity contribution in [3.8, 4) is 0 Å². The number of rotatable bonds is 7. The molecule has 2 N–H and O–H groups in total. The topological polar surface area (TPSA) is 97.4 Å². The van der Waals surface area contributed by atoms with Crippen LogP contribution in [0.5, 0.6) is 0 Å². The Balaban J connectivity index is 1.88. The highest BCUT2D eigenvalue weighted by molar-refractivity contribution is 5.93. The molecule has 0 fully saturated rings. The van der Waals surface area contributed by atoms with Gasteiger partial charge < -0.3 is 14.8 Å². The number of hydrogen-bond acceptors (Lipinski definition) is 4. The number of furan rings is 1. The van der Waals surface area contributed by atoms with Crippen molar-refractivity contribution >= 4 is 11.9 Å². The fourth-order valence-corrected chi connectivity index (χ4v) is 1.96. The number of aryl methyl sites for hydroxylation is 1. The molecule has 0 aromatic carbocycles. The number of nitrogens with one attached hydrogen (secondary N) is 1. The van der Waals surface area contributed by atoms with Crippen molar-refractivity contribution in [2.24, 2.45) is 0 Å². The Labute approximate surface area is 121 Å². The molecule has 0 saturated carbocycles. The molecule has 1 unspecified atom stereocenters. The Kier molecular flexibility index (Phi) is 4.76. The average molecular weight is 291 g/mol. The third-order valence-corrected chi connectivity index (χ3v) is 3.02. The maximum Gasteiger partial charge on any atom is 0.325 e. The number of nitrogens with zero attached hydrogens (tertiary/aromatic N) is 2. The molecule has 7 heteroatoms. The van der Waals surface area contributed by atoms with Gasteiger partial charge in [-0.1, -0.05) is 0 Å². The number of hydrogen-bond donors (Lipinski definition) is 2. The molecule has 2 aromatic heterocycles. The van der Waals surface area contributed by atoms with Crippen LogP contribution in [0.3, 0.4) is 0 Å². The van der Waals surface area contributed by atoms with E-state index >= 15 is 0 Å². The predicted molar refractivity (Wildman–Crippen MR) is 73.8 cm³/mol. The monoisotopic (exact) mass is 291 g/mol. The maximum atomic E-state index is 12.1. The van der Waals surface area contributed by atoms with Crippen molar-refractivity contribution < 1.29 is 19.1 Å². The van der Waals surface area contributed by atoms with E-state index in [0.29, 0.717) is 0 Å². The third-order valence-electron chi connectivity index (χ3n) is 3.02. The minimum atomic E-state index is -1.04. The van der Waals surface area contributed by atoms with E-state index in [1.165, 1.54) is 12.3 Å². The minimum Gasteiger partial charge on any atom is -0.480 e. The van der Waals surface area contributed by atoms with Crippen LogP contribution < -0.4 is 5.32 Å². The smallest absolute Gasteiger partial charge is 0.325 e. The van der Waals surface area contributed by atoms with Crippen LogP contribution in [-0.4, -0.2) is 32.8 Å². The molecular formula is C14H17N3O4. The lowest BCUT2D eigenvalue weighted by molar-refractivity contribution is -0.137. The van der Waals surface area contributed by atoms with Crippen LogP contribution in [0.1, 0.15) is 29.6 Å². The molecule has 21 heavy (non-hydrogen) atoms. The van der Waals surface area contributed by atoms with Crippen LogP contribution >= 0.6 is 0 Å². The van der Waals surface area contributed by atoms with E-state index in [1.807, 2.05) is 19.1 Å². The molecule has 0 spiro atoms. The van der Waals surface area contributed by atoms with E-state index in [-0.39, 0.29) is 24.2 Å². The Morgan fingerprint density at radius 3 is 2.95 bits per heavy atom. The molecule has 2 aromatic rings. The first kappa shape index (κ1) is 14.8. The van der Waals surface area contributed by atoms with Crippen molar-refractivity contribution in [3.63, 3.8) is 0 Å². The molecule has 0 aliphatic carbocycles. The SMILES string of the molecule is CC(CCc1ccco1)NC(=O)c1ccnn1CC(=O)O. The largest absolute Gasteiger partial charge is 0.480 e. The maximum absolute atomic E-state index is 12.1. The van der Waals surface area contributed by atoms with Crippen molar-refractivity contribution in [1.82, 2.24) is 15.1 Å². The summed E-state index contributed by atoms with van der Waals surface area (Å²) in [5.41, 5.74) is 0.238. The molecule has 0 saturated heterocycles. The number of carboxylic acids is 1. The number of aliphatic carboxylic acids is 1. The summed E-state index contributed by atoms with van der Waals surface area (Å²) in [4.78, 5) is 22.8. The van der Waals surface area contributed by atoms with Gasteiger partial charge in [0, 0.05) is 18.7 Å². The molecular weight excluding hydrogens is 274 g/mol. The molecule has 2 heterocycles. The van der Waals surface area contributed by atoms with Gasteiger partial charge in [0.15, 0.2) is 0 Å². The van der Waals surface area contributed by atoms with Gasteiger partial charge in [-0.05, 0) is 31.5 Å². The van der Waals surface area contributed by atoms with E-state index < -0.39 is 5.97 Å². The first-order chi connectivity index (χ1) is 10.1. The minimum absolute atomic E-state index is 0.0595. The Morgan fingerprint density at radius 2 is 2.29 bits per heavy atom. The Morgan fingerprint density at radius 1 is 1.48 bits per heavy atom. The lowest BCUT2D eigenvalue weighted by atomic mass is 10.1.